The highest BCUT2D eigenvalue weighted by molar-refractivity contribution is 7.16. The number of imide groups is 1. The second-order valence-corrected chi connectivity index (χ2v) is 10.7. The van der Waals surface area contributed by atoms with Gasteiger partial charge in [-0.15, -0.1) is 11.3 Å². The van der Waals surface area contributed by atoms with E-state index in [0.717, 1.165) is 29.0 Å². The first-order chi connectivity index (χ1) is 14.3. The Balaban J connectivity index is 1.48. The topological polar surface area (TPSA) is 50.3 Å². The number of carbonyl (C=O) groups is 2. The number of aryl methyl sites for hydroxylation is 1. The van der Waals surface area contributed by atoms with E-state index in [1.54, 1.807) is 0 Å². The molecule has 1 aliphatic heterocycles. The molecule has 30 heavy (non-hydrogen) atoms. The molecule has 0 N–H and O–H groups in total. The molecule has 2 aromatic rings. The molecule has 3 aliphatic rings. The first-order valence-corrected chi connectivity index (χ1v) is 11.7. The van der Waals surface area contributed by atoms with Crippen molar-refractivity contribution in [3.63, 3.8) is 0 Å². The van der Waals surface area contributed by atoms with Crippen LogP contribution in [0.15, 0.2) is 35.4 Å². The van der Waals surface area contributed by atoms with E-state index in [2.05, 4.69) is 52.0 Å². The first-order valence-electron chi connectivity index (χ1n) is 10.9. The van der Waals surface area contributed by atoms with Gasteiger partial charge in [0.15, 0.2) is 5.13 Å². The van der Waals surface area contributed by atoms with Gasteiger partial charge in [-0.2, -0.15) is 0 Å². The molecular formula is C25H28N2O2S. The van der Waals surface area contributed by atoms with Crippen LogP contribution in [-0.2, 0) is 9.59 Å². The molecule has 2 saturated carbocycles. The molecular weight excluding hydrogens is 392 g/mol. The minimum absolute atomic E-state index is 0.0357. The van der Waals surface area contributed by atoms with Gasteiger partial charge in [0.1, 0.15) is 0 Å². The highest BCUT2D eigenvalue weighted by Crippen LogP contribution is 2.60. The lowest BCUT2D eigenvalue weighted by Gasteiger charge is -2.18. The van der Waals surface area contributed by atoms with E-state index in [1.165, 1.54) is 32.9 Å². The number of aromatic nitrogens is 1. The summed E-state index contributed by atoms with van der Waals surface area (Å²) < 4.78 is 0. The van der Waals surface area contributed by atoms with Gasteiger partial charge in [0.25, 0.3) is 0 Å². The van der Waals surface area contributed by atoms with Crippen molar-refractivity contribution in [2.24, 2.45) is 23.7 Å². The van der Waals surface area contributed by atoms with Crippen molar-refractivity contribution >= 4 is 28.3 Å². The number of fused-ring (bicyclic) bond motifs is 5. The van der Waals surface area contributed by atoms with E-state index in [0.29, 0.717) is 11.0 Å². The number of hydrogen-bond donors (Lipinski definition) is 0. The van der Waals surface area contributed by atoms with E-state index in [-0.39, 0.29) is 35.5 Å². The zero-order chi connectivity index (χ0) is 21.3. The number of allylic oxidation sites excluding steroid dienone is 2. The molecule has 2 amide bonds. The Labute approximate surface area is 182 Å². The van der Waals surface area contributed by atoms with Crippen LogP contribution in [0.1, 0.15) is 56.9 Å². The molecule has 5 rings (SSSR count). The molecule has 1 saturated heterocycles. The van der Waals surface area contributed by atoms with Crippen molar-refractivity contribution in [3.05, 3.63) is 45.9 Å². The van der Waals surface area contributed by atoms with E-state index < -0.39 is 0 Å². The van der Waals surface area contributed by atoms with E-state index >= 15 is 0 Å². The Bertz CT molecular complexity index is 1040. The van der Waals surface area contributed by atoms with E-state index in [1.807, 2.05) is 6.92 Å². The Morgan fingerprint density at radius 3 is 2.10 bits per heavy atom. The monoisotopic (exact) mass is 420 g/mol. The van der Waals surface area contributed by atoms with Crippen LogP contribution >= 0.6 is 11.3 Å². The van der Waals surface area contributed by atoms with Crippen LogP contribution in [0.25, 0.3) is 11.3 Å². The zero-order valence-electron chi connectivity index (χ0n) is 18.2. The zero-order valence-corrected chi connectivity index (χ0v) is 19.0. The van der Waals surface area contributed by atoms with Gasteiger partial charge in [-0.05, 0) is 56.9 Å². The molecule has 1 aromatic heterocycles. The smallest absolute Gasteiger partial charge is 0.240 e. The van der Waals surface area contributed by atoms with Gasteiger partial charge in [-0.25, -0.2) is 9.88 Å². The second kappa shape index (κ2) is 6.88. The molecule has 1 aromatic carbocycles. The molecule has 0 spiro atoms. The Kier molecular flexibility index (Phi) is 4.51. The van der Waals surface area contributed by atoms with Crippen LogP contribution in [-0.4, -0.2) is 16.8 Å². The van der Waals surface area contributed by atoms with Crippen LogP contribution in [0, 0.1) is 30.6 Å². The Morgan fingerprint density at radius 1 is 1.03 bits per heavy atom. The van der Waals surface area contributed by atoms with Gasteiger partial charge in [0, 0.05) is 10.4 Å². The predicted molar refractivity (Wildman–Crippen MR) is 120 cm³/mol. The van der Waals surface area contributed by atoms with Crippen molar-refractivity contribution in [3.8, 4) is 11.3 Å². The third-order valence-corrected chi connectivity index (χ3v) is 8.21. The number of benzene rings is 1. The summed E-state index contributed by atoms with van der Waals surface area (Å²) >= 11 is 1.45. The SMILES string of the molecule is CC(C)=C1[C@H]2CC[C@H]1[C@H]1C(=O)N(c3nc(-c4ccc(C(C)C)cc4)c(C)s3)C(=O)[C@@H]12. The summed E-state index contributed by atoms with van der Waals surface area (Å²) in [5.41, 5.74) is 5.87. The summed E-state index contributed by atoms with van der Waals surface area (Å²) in [6.45, 7) is 10.6. The maximum absolute atomic E-state index is 13.4. The van der Waals surface area contributed by atoms with Crippen molar-refractivity contribution in [1.29, 1.82) is 0 Å². The van der Waals surface area contributed by atoms with Crippen LogP contribution in [0.5, 0.6) is 0 Å². The fourth-order valence-electron chi connectivity index (χ4n) is 5.95. The van der Waals surface area contributed by atoms with Crippen LogP contribution in [0.2, 0.25) is 0 Å². The third kappa shape index (κ3) is 2.67. The molecule has 3 fully saturated rings. The summed E-state index contributed by atoms with van der Waals surface area (Å²) in [6.07, 6.45) is 2.06. The Morgan fingerprint density at radius 2 is 1.60 bits per heavy atom. The molecule has 4 atom stereocenters. The summed E-state index contributed by atoms with van der Waals surface area (Å²) in [5.74, 6) is 0.536. The standard InChI is InChI=1S/C25H28N2O2S/c1-12(2)15-6-8-16(9-7-15)22-14(5)30-25(26-22)27-23(28)20-17-10-11-18(19(17)13(3)4)21(20)24(27)29/h6-9,12,17-18,20-21H,10-11H2,1-5H3/t17-,18-,20-,21-/m1/s1. The maximum atomic E-state index is 13.4. The molecule has 4 nitrogen and oxygen atoms in total. The lowest BCUT2D eigenvalue weighted by Crippen LogP contribution is -2.33. The minimum Gasteiger partial charge on any atom is -0.274 e. The van der Waals surface area contributed by atoms with Gasteiger partial charge in [-0.1, -0.05) is 49.3 Å². The number of thiazole rings is 1. The lowest BCUT2D eigenvalue weighted by molar-refractivity contribution is -0.123. The predicted octanol–water partition coefficient (Wildman–Crippen LogP) is 5.72. The van der Waals surface area contributed by atoms with Crippen LogP contribution in [0.3, 0.4) is 0 Å². The average Bonchev–Trinajstić information content (AvgIpc) is 3.43. The van der Waals surface area contributed by atoms with Gasteiger partial charge in [0.05, 0.1) is 17.5 Å². The number of hydrogen-bond acceptors (Lipinski definition) is 4. The highest BCUT2D eigenvalue weighted by Gasteiger charge is 2.64. The fourth-order valence-corrected chi connectivity index (χ4v) is 6.89. The molecule has 2 heterocycles. The molecule has 5 heteroatoms. The van der Waals surface area contributed by atoms with Gasteiger partial charge < -0.3 is 0 Å². The fraction of sp³-hybridized carbons (Fsp3) is 0.480. The molecule has 156 valence electrons. The molecule has 2 aliphatic carbocycles. The van der Waals surface area contributed by atoms with Crippen molar-refractivity contribution in [2.45, 2.75) is 53.4 Å². The van der Waals surface area contributed by atoms with E-state index in [9.17, 15) is 9.59 Å². The van der Waals surface area contributed by atoms with Crippen molar-refractivity contribution < 1.29 is 9.59 Å². The molecule has 0 radical (unpaired) electrons. The quantitative estimate of drug-likeness (QED) is 0.471. The van der Waals surface area contributed by atoms with Gasteiger partial charge in [-0.3, -0.25) is 9.59 Å². The van der Waals surface area contributed by atoms with Crippen LogP contribution < -0.4 is 4.90 Å². The average molecular weight is 421 g/mol. The first kappa shape index (κ1) is 19.7. The summed E-state index contributed by atoms with van der Waals surface area (Å²) in [4.78, 5) is 34.0. The second-order valence-electron chi connectivity index (χ2n) is 9.49. The lowest BCUT2D eigenvalue weighted by atomic mass is 9.81. The maximum Gasteiger partial charge on any atom is 0.240 e. The summed E-state index contributed by atoms with van der Waals surface area (Å²) in [5, 5.41) is 0.540. The number of rotatable bonds is 3. The number of nitrogens with zero attached hydrogens (tertiary/aromatic N) is 2. The highest BCUT2D eigenvalue weighted by atomic mass is 32.1. The molecule has 0 unspecified atom stereocenters. The van der Waals surface area contributed by atoms with Crippen molar-refractivity contribution in [2.75, 3.05) is 4.90 Å². The number of carbonyl (C=O) groups excluding carboxylic acids is 2. The third-order valence-electron chi connectivity index (χ3n) is 7.26. The van der Waals surface area contributed by atoms with E-state index in [4.69, 9.17) is 4.98 Å². The van der Waals surface area contributed by atoms with Crippen molar-refractivity contribution in [1.82, 2.24) is 4.98 Å². The summed E-state index contributed by atoms with van der Waals surface area (Å²) in [6, 6.07) is 8.44. The number of amides is 2. The molecule has 2 bridgehead atoms. The Hall–Kier alpha value is -2.27. The minimum atomic E-state index is -0.181. The largest absolute Gasteiger partial charge is 0.274 e. The van der Waals surface area contributed by atoms with Gasteiger partial charge in [0.2, 0.25) is 11.8 Å². The normalized spacial score (nSPS) is 27.5. The number of anilines is 1. The summed E-state index contributed by atoms with van der Waals surface area (Å²) in [7, 11) is 0. The van der Waals surface area contributed by atoms with Crippen LogP contribution in [0.4, 0.5) is 5.13 Å². The van der Waals surface area contributed by atoms with Gasteiger partial charge >= 0.3 is 0 Å².